The molecule has 0 spiro atoms. The van der Waals surface area contributed by atoms with Crippen LogP contribution in [-0.2, 0) is 0 Å². The molecule has 0 amide bonds. The van der Waals surface area contributed by atoms with Crippen LogP contribution in [0.3, 0.4) is 0 Å². The maximum Gasteiger partial charge on any atom is 0.293 e. The lowest BCUT2D eigenvalue weighted by molar-refractivity contribution is -0.384. The SMILES string of the molecule is O=[N+]([O-])c1cc(Br)ccc1NCCC1=CCCC1. The van der Waals surface area contributed by atoms with Crippen molar-refractivity contribution in [2.45, 2.75) is 25.7 Å². The van der Waals surface area contributed by atoms with Gasteiger partial charge >= 0.3 is 0 Å². The largest absolute Gasteiger partial charge is 0.379 e. The summed E-state index contributed by atoms with van der Waals surface area (Å²) >= 11 is 3.25. The summed E-state index contributed by atoms with van der Waals surface area (Å²) < 4.78 is 0.721. The molecule has 0 bridgehead atoms. The monoisotopic (exact) mass is 310 g/mol. The van der Waals surface area contributed by atoms with Gasteiger partial charge in [0.1, 0.15) is 5.69 Å². The van der Waals surface area contributed by atoms with E-state index in [2.05, 4.69) is 27.3 Å². The summed E-state index contributed by atoms with van der Waals surface area (Å²) in [4.78, 5) is 10.6. The molecule has 1 aliphatic rings. The molecule has 96 valence electrons. The summed E-state index contributed by atoms with van der Waals surface area (Å²) in [7, 11) is 0. The van der Waals surface area contributed by atoms with Gasteiger partial charge in [-0.15, -0.1) is 0 Å². The Bertz CT molecular complexity index is 486. The van der Waals surface area contributed by atoms with E-state index >= 15 is 0 Å². The standard InChI is InChI=1S/C13H15BrN2O2/c14-11-5-6-12(13(9-11)16(17)18)15-8-7-10-3-1-2-4-10/h3,5-6,9,15H,1-2,4,7-8H2. The van der Waals surface area contributed by atoms with Crippen LogP contribution in [0, 0.1) is 10.1 Å². The van der Waals surface area contributed by atoms with E-state index in [9.17, 15) is 10.1 Å². The van der Waals surface area contributed by atoms with Crippen molar-refractivity contribution < 1.29 is 4.92 Å². The molecule has 0 unspecified atom stereocenters. The summed E-state index contributed by atoms with van der Waals surface area (Å²) in [5.41, 5.74) is 2.16. The lowest BCUT2D eigenvalue weighted by Gasteiger charge is -2.07. The van der Waals surface area contributed by atoms with E-state index in [4.69, 9.17) is 0 Å². The van der Waals surface area contributed by atoms with Crippen molar-refractivity contribution in [2.75, 3.05) is 11.9 Å². The number of nitrogens with one attached hydrogen (secondary N) is 1. The Hall–Kier alpha value is -1.36. The quantitative estimate of drug-likeness (QED) is 0.502. The first-order chi connectivity index (χ1) is 8.66. The average Bonchev–Trinajstić information content (AvgIpc) is 2.84. The molecule has 0 radical (unpaired) electrons. The number of nitro groups is 1. The zero-order chi connectivity index (χ0) is 13.0. The Kier molecular flexibility index (Phi) is 4.36. The molecule has 1 aromatic rings. The Morgan fingerprint density at radius 3 is 2.94 bits per heavy atom. The van der Waals surface area contributed by atoms with E-state index in [1.54, 1.807) is 6.07 Å². The molecule has 0 saturated carbocycles. The van der Waals surface area contributed by atoms with Crippen LogP contribution in [0.1, 0.15) is 25.7 Å². The van der Waals surface area contributed by atoms with Crippen LogP contribution < -0.4 is 5.32 Å². The van der Waals surface area contributed by atoms with Crippen LogP contribution in [-0.4, -0.2) is 11.5 Å². The highest BCUT2D eigenvalue weighted by molar-refractivity contribution is 9.10. The Balaban J connectivity index is 1.98. The van der Waals surface area contributed by atoms with Gasteiger partial charge in [0.25, 0.3) is 5.69 Å². The van der Waals surface area contributed by atoms with Crippen LogP contribution in [0.5, 0.6) is 0 Å². The zero-order valence-corrected chi connectivity index (χ0v) is 11.6. The van der Waals surface area contributed by atoms with Crippen molar-refractivity contribution in [3.05, 3.63) is 44.4 Å². The van der Waals surface area contributed by atoms with Crippen molar-refractivity contribution in [1.29, 1.82) is 0 Å². The van der Waals surface area contributed by atoms with Gasteiger partial charge in [-0.3, -0.25) is 10.1 Å². The highest BCUT2D eigenvalue weighted by atomic mass is 79.9. The Labute approximate surface area is 114 Å². The van der Waals surface area contributed by atoms with Crippen LogP contribution in [0.2, 0.25) is 0 Å². The molecule has 0 fully saturated rings. The fraction of sp³-hybridized carbons (Fsp3) is 0.385. The van der Waals surface area contributed by atoms with Crippen molar-refractivity contribution in [3.63, 3.8) is 0 Å². The molecule has 4 nitrogen and oxygen atoms in total. The first-order valence-corrected chi connectivity index (χ1v) is 6.82. The summed E-state index contributed by atoms with van der Waals surface area (Å²) in [6, 6.07) is 5.08. The molecular formula is C13H15BrN2O2. The summed E-state index contributed by atoms with van der Waals surface area (Å²) in [5.74, 6) is 0. The highest BCUT2D eigenvalue weighted by Crippen LogP contribution is 2.28. The predicted molar refractivity (Wildman–Crippen MR) is 75.8 cm³/mol. The number of nitro benzene ring substituents is 1. The number of rotatable bonds is 5. The highest BCUT2D eigenvalue weighted by Gasteiger charge is 2.13. The van der Waals surface area contributed by atoms with Crippen molar-refractivity contribution in [2.24, 2.45) is 0 Å². The second-order valence-electron chi connectivity index (χ2n) is 4.35. The number of benzene rings is 1. The predicted octanol–water partition coefficient (Wildman–Crippen LogP) is 4.27. The third-order valence-electron chi connectivity index (χ3n) is 3.05. The number of hydrogen-bond donors (Lipinski definition) is 1. The molecule has 2 rings (SSSR count). The van der Waals surface area contributed by atoms with Gasteiger partial charge in [-0.05, 0) is 37.8 Å². The van der Waals surface area contributed by atoms with Crippen LogP contribution in [0.15, 0.2) is 34.3 Å². The average molecular weight is 311 g/mol. The molecule has 0 atom stereocenters. The molecule has 0 aromatic heterocycles. The number of nitrogens with zero attached hydrogens (tertiary/aromatic N) is 1. The van der Waals surface area contributed by atoms with Crippen molar-refractivity contribution in [3.8, 4) is 0 Å². The minimum atomic E-state index is -0.359. The zero-order valence-electron chi connectivity index (χ0n) is 9.99. The molecule has 5 heteroatoms. The first kappa shape index (κ1) is 13.1. The van der Waals surface area contributed by atoms with E-state index in [-0.39, 0.29) is 10.6 Å². The lowest BCUT2D eigenvalue weighted by atomic mass is 10.1. The van der Waals surface area contributed by atoms with Crippen molar-refractivity contribution >= 4 is 27.3 Å². The van der Waals surface area contributed by atoms with Crippen LogP contribution in [0.4, 0.5) is 11.4 Å². The van der Waals surface area contributed by atoms with Gasteiger partial charge in [0, 0.05) is 17.1 Å². The van der Waals surface area contributed by atoms with Gasteiger partial charge < -0.3 is 5.32 Å². The van der Waals surface area contributed by atoms with E-state index in [0.29, 0.717) is 5.69 Å². The van der Waals surface area contributed by atoms with E-state index in [1.165, 1.54) is 30.9 Å². The van der Waals surface area contributed by atoms with Gasteiger partial charge in [0.2, 0.25) is 0 Å². The summed E-state index contributed by atoms with van der Waals surface area (Å²) in [6.45, 7) is 0.744. The lowest BCUT2D eigenvalue weighted by Crippen LogP contribution is -2.04. The van der Waals surface area contributed by atoms with Gasteiger partial charge in [-0.25, -0.2) is 0 Å². The van der Waals surface area contributed by atoms with Crippen LogP contribution >= 0.6 is 15.9 Å². The van der Waals surface area contributed by atoms with Crippen LogP contribution in [0.25, 0.3) is 0 Å². The molecule has 1 N–H and O–H groups in total. The van der Waals surface area contributed by atoms with Gasteiger partial charge in [-0.2, -0.15) is 0 Å². The molecule has 1 aromatic carbocycles. The fourth-order valence-electron chi connectivity index (χ4n) is 2.13. The van der Waals surface area contributed by atoms with Crippen molar-refractivity contribution in [1.82, 2.24) is 0 Å². The smallest absolute Gasteiger partial charge is 0.293 e. The van der Waals surface area contributed by atoms with E-state index in [0.717, 1.165) is 17.4 Å². The topological polar surface area (TPSA) is 55.2 Å². The fourth-order valence-corrected chi connectivity index (χ4v) is 2.48. The molecule has 18 heavy (non-hydrogen) atoms. The Morgan fingerprint density at radius 1 is 1.44 bits per heavy atom. The molecule has 1 aliphatic carbocycles. The molecule has 0 aliphatic heterocycles. The normalized spacial score (nSPS) is 14.4. The Morgan fingerprint density at radius 2 is 2.28 bits per heavy atom. The minimum Gasteiger partial charge on any atom is -0.379 e. The van der Waals surface area contributed by atoms with Gasteiger partial charge in [-0.1, -0.05) is 27.6 Å². The molecule has 0 saturated heterocycles. The molecular weight excluding hydrogens is 296 g/mol. The number of halogens is 1. The number of allylic oxidation sites excluding steroid dienone is 1. The second kappa shape index (κ2) is 6.00. The third kappa shape index (κ3) is 3.32. The summed E-state index contributed by atoms with van der Waals surface area (Å²) in [5, 5.41) is 14.1. The molecule has 0 heterocycles. The van der Waals surface area contributed by atoms with Gasteiger partial charge in [0.15, 0.2) is 0 Å². The maximum absolute atomic E-state index is 10.9. The van der Waals surface area contributed by atoms with Gasteiger partial charge in [0.05, 0.1) is 4.92 Å². The maximum atomic E-state index is 10.9. The summed E-state index contributed by atoms with van der Waals surface area (Å²) in [6.07, 6.45) is 6.83. The van der Waals surface area contributed by atoms with E-state index in [1.807, 2.05) is 6.07 Å². The second-order valence-corrected chi connectivity index (χ2v) is 5.27. The number of hydrogen-bond acceptors (Lipinski definition) is 3. The third-order valence-corrected chi connectivity index (χ3v) is 3.55. The first-order valence-electron chi connectivity index (χ1n) is 6.02. The minimum absolute atomic E-state index is 0.116. The van der Waals surface area contributed by atoms with E-state index < -0.39 is 0 Å². The number of anilines is 1.